The van der Waals surface area contributed by atoms with Crippen LogP contribution in [0.3, 0.4) is 0 Å². The molecule has 1 fully saturated rings. The molecule has 1 aliphatic rings. The summed E-state index contributed by atoms with van der Waals surface area (Å²) in [6.45, 7) is 2.00. The number of hydrogen-bond acceptors (Lipinski definition) is 4. The van der Waals surface area contributed by atoms with Gasteiger partial charge in [0.2, 0.25) is 5.91 Å². The Hall–Kier alpha value is -2.44. The van der Waals surface area contributed by atoms with E-state index >= 15 is 0 Å². The van der Waals surface area contributed by atoms with Crippen molar-refractivity contribution in [3.63, 3.8) is 0 Å². The number of fused-ring (bicyclic) bond motifs is 1. The van der Waals surface area contributed by atoms with Crippen LogP contribution in [-0.4, -0.2) is 26.0 Å². The molecule has 3 heterocycles. The average Bonchev–Trinajstić information content (AvgIpc) is 2.76. The summed E-state index contributed by atoms with van der Waals surface area (Å²) in [7, 11) is 0. The minimum absolute atomic E-state index is 0.219. The lowest BCUT2D eigenvalue weighted by molar-refractivity contribution is -0.136. The molecule has 7 nitrogen and oxygen atoms in total. The van der Waals surface area contributed by atoms with Crippen molar-refractivity contribution in [2.24, 2.45) is 0 Å². The zero-order valence-electron chi connectivity index (χ0n) is 11.0. The van der Waals surface area contributed by atoms with Gasteiger partial charge >= 0.3 is 5.69 Å². The van der Waals surface area contributed by atoms with Crippen LogP contribution in [0.4, 0.5) is 0 Å². The van der Waals surface area contributed by atoms with Gasteiger partial charge in [0.25, 0.3) is 5.91 Å². The van der Waals surface area contributed by atoms with Crippen molar-refractivity contribution in [3.8, 4) is 0 Å². The Bertz CT molecular complexity index is 759. The molecular formula is C13H14N4O3. The van der Waals surface area contributed by atoms with Crippen LogP contribution in [0.1, 0.15) is 31.4 Å². The van der Waals surface area contributed by atoms with Gasteiger partial charge in [0, 0.05) is 12.6 Å². The molecule has 1 aliphatic heterocycles. The van der Waals surface area contributed by atoms with Gasteiger partial charge in [0.05, 0.1) is 0 Å². The zero-order valence-corrected chi connectivity index (χ0v) is 11.0. The number of rotatable bonds is 2. The normalized spacial score (nSPS) is 19.4. The molecular weight excluding hydrogens is 260 g/mol. The molecule has 1 saturated heterocycles. The molecule has 104 valence electrons. The van der Waals surface area contributed by atoms with Crippen molar-refractivity contribution in [1.29, 1.82) is 0 Å². The van der Waals surface area contributed by atoms with Crippen molar-refractivity contribution < 1.29 is 9.59 Å². The predicted octanol–water partition coefficient (Wildman–Crippen LogP) is 0.0361. The molecule has 1 unspecified atom stereocenters. The molecule has 0 bridgehead atoms. The minimum atomic E-state index is -0.717. The third-order valence-corrected chi connectivity index (χ3v) is 3.51. The van der Waals surface area contributed by atoms with Gasteiger partial charge in [-0.15, -0.1) is 5.10 Å². The van der Waals surface area contributed by atoms with Gasteiger partial charge in [0.15, 0.2) is 5.65 Å². The van der Waals surface area contributed by atoms with Crippen LogP contribution in [0.5, 0.6) is 0 Å². The summed E-state index contributed by atoms with van der Waals surface area (Å²) in [5.41, 5.74) is 1.16. The number of nitrogens with zero attached hydrogens (tertiary/aromatic N) is 3. The fourth-order valence-electron chi connectivity index (χ4n) is 2.36. The topological polar surface area (TPSA) is 85.5 Å². The number of aromatic nitrogens is 3. The van der Waals surface area contributed by atoms with E-state index in [-0.39, 0.29) is 18.0 Å². The molecule has 0 aromatic carbocycles. The first-order valence-electron chi connectivity index (χ1n) is 6.53. The number of hydrogen-bond donors (Lipinski definition) is 1. The quantitative estimate of drug-likeness (QED) is 0.783. The lowest BCUT2D eigenvalue weighted by atomic mass is 10.1. The highest BCUT2D eigenvalue weighted by molar-refractivity contribution is 5.99. The first kappa shape index (κ1) is 12.6. The third kappa shape index (κ3) is 1.91. The van der Waals surface area contributed by atoms with Gasteiger partial charge < -0.3 is 0 Å². The summed E-state index contributed by atoms with van der Waals surface area (Å²) in [5, 5.41) is 6.42. The fraction of sp³-hybridized carbons (Fsp3) is 0.385. The maximum Gasteiger partial charge on any atom is 0.351 e. The summed E-state index contributed by atoms with van der Waals surface area (Å²) < 4.78 is 2.60. The minimum Gasteiger partial charge on any atom is -0.295 e. The van der Waals surface area contributed by atoms with E-state index < -0.39 is 11.9 Å². The summed E-state index contributed by atoms with van der Waals surface area (Å²) in [4.78, 5) is 35.3. The SMILES string of the molecule is CCc1ccc2nn(C3CCC(=O)NC3=O)c(=O)n2c1. The van der Waals surface area contributed by atoms with E-state index in [2.05, 4.69) is 10.4 Å². The molecule has 2 aromatic heterocycles. The largest absolute Gasteiger partial charge is 0.351 e. The Morgan fingerprint density at radius 3 is 2.85 bits per heavy atom. The van der Waals surface area contributed by atoms with E-state index in [4.69, 9.17) is 0 Å². The molecule has 0 saturated carbocycles. The van der Waals surface area contributed by atoms with E-state index in [9.17, 15) is 14.4 Å². The molecule has 0 spiro atoms. The van der Waals surface area contributed by atoms with Crippen molar-refractivity contribution in [3.05, 3.63) is 34.4 Å². The Morgan fingerprint density at radius 2 is 2.15 bits per heavy atom. The number of carbonyl (C=O) groups is 2. The number of amides is 2. The number of carbonyl (C=O) groups excluding carboxylic acids is 2. The maximum atomic E-state index is 12.3. The molecule has 0 aliphatic carbocycles. The monoisotopic (exact) mass is 274 g/mol. The highest BCUT2D eigenvalue weighted by Crippen LogP contribution is 2.16. The number of pyridine rings is 1. The first-order chi connectivity index (χ1) is 9.60. The number of nitrogens with one attached hydrogen (secondary N) is 1. The van der Waals surface area contributed by atoms with Gasteiger partial charge in [-0.1, -0.05) is 13.0 Å². The van der Waals surface area contributed by atoms with E-state index in [0.29, 0.717) is 12.1 Å². The van der Waals surface area contributed by atoms with E-state index in [1.165, 1.54) is 4.40 Å². The zero-order chi connectivity index (χ0) is 14.3. The van der Waals surface area contributed by atoms with Gasteiger partial charge in [0.1, 0.15) is 6.04 Å². The van der Waals surface area contributed by atoms with E-state index in [0.717, 1.165) is 16.7 Å². The summed E-state index contributed by atoms with van der Waals surface area (Å²) in [6.07, 6.45) is 3.06. The number of aryl methyl sites for hydroxylation is 1. The smallest absolute Gasteiger partial charge is 0.295 e. The van der Waals surface area contributed by atoms with Crippen LogP contribution in [-0.2, 0) is 16.0 Å². The molecule has 1 atom stereocenters. The average molecular weight is 274 g/mol. The Balaban J connectivity index is 2.08. The maximum absolute atomic E-state index is 12.3. The van der Waals surface area contributed by atoms with E-state index in [1.807, 2.05) is 13.0 Å². The highest BCUT2D eigenvalue weighted by atomic mass is 16.2. The first-order valence-corrected chi connectivity index (χ1v) is 6.53. The van der Waals surface area contributed by atoms with Crippen LogP contribution in [0.2, 0.25) is 0 Å². The second-order valence-corrected chi connectivity index (χ2v) is 4.81. The summed E-state index contributed by atoms with van der Waals surface area (Å²) >= 11 is 0. The second kappa shape index (κ2) is 4.59. The Morgan fingerprint density at radius 1 is 1.35 bits per heavy atom. The molecule has 2 aromatic rings. The van der Waals surface area contributed by atoms with Gasteiger partial charge in [-0.3, -0.25) is 14.9 Å². The van der Waals surface area contributed by atoms with Crippen LogP contribution >= 0.6 is 0 Å². The fourth-order valence-corrected chi connectivity index (χ4v) is 2.36. The van der Waals surface area contributed by atoms with Crippen molar-refractivity contribution in [2.75, 3.05) is 0 Å². The molecule has 20 heavy (non-hydrogen) atoms. The van der Waals surface area contributed by atoms with Gasteiger partial charge in [-0.25, -0.2) is 9.20 Å². The van der Waals surface area contributed by atoms with Crippen LogP contribution in [0.15, 0.2) is 23.1 Å². The lowest BCUT2D eigenvalue weighted by Crippen LogP contribution is -2.44. The van der Waals surface area contributed by atoms with Crippen molar-refractivity contribution >= 4 is 17.5 Å². The predicted molar refractivity (Wildman–Crippen MR) is 70.3 cm³/mol. The molecule has 3 rings (SSSR count). The molecule has 7 heteroatoms. The molecule has 2 amide bonds. The number of piperidine rings is 1. The van der Waals surface area contributed by atoms with E-state index in [1.54, 1.807) is 12.3 Å². The lowest BCUT2D eigenvalue weighted by Gasteiger charge is -2.19. The van der Waals surface area contributed by atoms with Crippen molar-refractivity contribution in [1.82, 2.24) is 19.5 Å². The van der Waals surface area contributed by atoms with Crippen molar-refractivity contribution in [2.45, 2.75) is 32.2 Å². The highest BCUT2D eigenvalue weighted by Gasteiger charge is 2.30. The van der Waals surface area contributed by atoms with Crippen LogP contribution in [0.25, 0.3) is 5.65 Å². The standard InChI is InChI=1S/C13H14N4O3/c1-2-8-3-5-10-15-17(13(20)16(10)7-8)9-4-6-11(18)14-12(9)19/h3,5,7,9H,2,4,6H2,1H3,(H,14,18,19). The molecule has 0 radical (unpaired) electrons. The van der Waals surface area contributed by atoms with Crippen LogP contribution < -0.4 is 11.0 Å². The molecule has 1 N–H and O–H groups in total. The van der Waals surface area contributed by atoms with Gasteiger partial charge in [-0.2, -0.15) is 4.68 Å². The number of imide groups is 1. The summed E-state index contributed by atoms with van der Waals surface area (Å²) in [6, 6.07) is 2.93. The Labute approximate surface area is 114 Å². The van der Waals surface area contributed by atoms with Crippen LogP contribution in [0, 0.1) is 0 Å². The van der Waals surface area contributed by atoms with Gasteiger partial charge in [-0.05, 0) is 24.5 Å². The third-order valence-electron chi connectivity index (χ3n) is 3.51. The summed E-state index contributed by atoms with van der Waals surface area (Å²) in [5.74, 6) is -0.779. The second-order valence-electron chi connectivity index (χ2n) is 4.81. The Kier molecular flexibility index (Phi) is 2.89.